The van der Waals surface area contributed by atoms with Crippen LogP contribution >= 0.6 is 0 Å². The number of rotatable bonds is 0. The van der Waals surface area contributed by atoms with Crippen molar-refractivity contribution in [3.8, 4) is 0 Å². The summed E-state index contributed by atoms with van der Waals surface area (Å²) in [4.78, 5) is 30.7. The third-order valence-corrected chi connectivity index (χ3v) is 0.982. The van der Waals surface area contributed by atoms with Crippen molar-refractivity contribution in [2.24, 2.45) is 0 Å². The van der Waals surface area contributed by atoms with Crippen LogP contribution in [0.1, 0.15) is 27.7 Å². The first-order valence-electron chi connectivity index (χ1n) is 4.48. The third kappa shape index (κ3) is 66.8. The minimum Gasteiger partial charge on any atom is -0.359 e. The quantitative estimate of drug-likeness (QED) is 0.641. The van der Waals surface area contributed by atoms with E-state index in [9.17, 15) is 14.4 Å². The maximum Gasteiger partial charge on any atom is 0.218 e. The van der Waals surface area contributed by atoms with Gasteiger partial charge in [0, 0.05) is 35.0 Å². The molecule has 0 aromatic carbocycles. The van der Waals surface area contributed by atoms with Crippen LogP contribution in [-0.2, 0) is 14.4 Å². The molecule has 0 heterocycles. The summed E-state index contributed by atoms with van der Waals surface area (Å²) in [5.41, 5.74) is 0. The topological polar surface area (TPSA) is 66.5 Å². The zero-order chi connectivity index (χ0) is 13.0. The van der Waals surface area contributed by atoms with E-state index in [0.29, 0.717) is 0 Å². The largest absolute Gasteiger partial charge is 0.359 e. The average molecular weight is 218 g/mol. The minimum atomic E-state index is 0.00463. The third-order valence-electron chi connectivity index (χ3n) is 0.982. The molecule has 0 radical (unpaired) electrons. The molecule has 5 nitrogen and oxygen atoms in total. The first-order chi connectivity index (χ1) is 6.64. The Morgan fingerprint density at radius 1 is 0.933 bits per heavy atom. The number of hydrogen-bond acceptors (Lipinski definition) is 3. The van der Waals surface area contributed by atoms with Gasteiger partial charge in [-0.05, 0) is 13.8 Å². The lowest BCUT2D eigenvalue weighted by Gasteiger charge is -2.02. The van der Waals surface area contributed by atoms with Crippen molar-refractivity contribution in [1.29, 1.82) is 0 Å². The average Bonchev–Trinajstić information content (AvgIpc) is 2.04. The van der Waals surface area contributed by atoms with E-state index >= 15 is 0 Å². The summed E-state index contributed by atoms with van der Waals surface area (Å²) in [6.45, 7) is 6.06. The number of nitrogens with one attached hydrogen (secondary N) is 1. The summed E-state index contributed by atoms with van der Waals surface area (Å²) in [7, 11) is 5.05. The molecular formula is C10H22N2O3. The summed E-state index contributed by atoms with van der Waals surface area (Å²) in [6, 6.07) is 0. The van der Waals surface area contributed by atoms with Gasteiger partial charge in [-0.2, -0.15) is 0 Å². The highest BCUT2D eigenvalue weighted by molar-refractivity contribution is 5.72. The zero-order valence-electron chi connectivity index (χ0n) is 10.7. The van der Waals surface area contributed by atoms with Crippen molar-refractivity contribution in [2.75, 3.05) is 21.1 Å². The Balaban J connectivity index is -0.000000147. The Bertz CT molecular complexity index is 197. The maximum atomic E-state index is 10.1. The zero-order valence-corrected chi connectivity index (χ0v) is 10.7. The van der Waals surface area contributed by atoms with E-state index in [-0.39, 0.29) is 17.6 Å². The molecule has 0 rings (SSSR count). The molecule has 0 aliphatic rings. The fourth-order valence-electron chi connectivity index (χ4n) is 0. The molecule has 0 aliphatic carbocycles. The molecule has 0 bridgehead atoms. The number of ketones is 1. The predicted octanol–water partition coefficient (Wildman–Crippen LogP) is 0.442. The van der Waals surface area contributed by atoms with E-state index in [1.807, 2.05) is 0 Å². The van der Waals surface area contributed by atoms with Crippen molar-refractivity contribution in [2.45, 2.75) is 27.7 Å². The molecule has 0 saturated carbocycles. The molecule has 90 valence electrons. The Morgan fingerprint density at radius 2 is 1.07 bits per heavy atom. The standard InChI is InChI=1S/C4H9NO.C3H7NO.C3H6O/c1-4(6)5(2)3;1-3(5)4-2;1-3(2)4/h1-3H3;1-2H3,(H,4,5);1-2H3. The van der Waals surface area contributed by atoms with E-state index in [1.54, 1.807) is 21.1 Å². The molecule has 0 spiro atoms. The summed E-state index contributed by atoms with van der Waals surface area (Å²) < 4.78 is 0. The van der Waals surface area contributed by atoms with Crippen LogP contribution in [0.4, 0.5) is 0 Å². The highest BCUT2D eigenvalue weighted by Gasteiger charge is 1.87. The lowest BCUT2D eigenvalue weighted by atomic mass is 10.6. The molecule has 0 aliphatic heterocycles. The molecule has 0 aromatic heterocycles. The van der Waals surface area contributed by atoms with Crippen LogP contribution in [0.15, 0.2) is 0 Å². The van der Waals surface area contributed by atoms with Crippen LogP contribution in [0.25, 0.3) is 0 Å². The van der Waals surface area contributed by atoms with Crippen LogP contribution in [-0.4, -0.2) is 43.6 Å². The van der Waals surface area contributed by atoms with Gasteiger partial charge in [0.2, 0.25) is 11.8 Å². The van der Waals surface area contributed by atoms with Crippen molar-refractivity contribution < 1.29 is 14.4 Å². The SMILES string of the molecule is CC(=O)N(C)C.CC(C)=O.CNC(C)=O. The van der Waals surface area contributed by atoms with Crippen LogP contribution < -0.4 is 5.32 Å². The highest BCUT2D eigenvalue weighted by Crippen LogP contribution is 1.69. The van der Waals surface area contributed by atoms with Gasteiger partial charge in [0.1, 0.15) is 5.78 Å². The molecular weight excluding hydrogens is 196 g/mol. The first-order valence-corrected chi connectivity index (χ1v) is 4.48. The number of carbonyl (C=O) groups excluding carboxylic acids is 3. The van der Waals surface area contributed by atoms with Crippen molar-refractivity contribution >= 4 is 17.6 Å². The van der Waals surface area contributed by atoms with Crippen LogP contribution in [0.3, 0.4) is 0 Å². The van der Waals surface area contributed by atoms with E-state index in [1.165, 1.54) is 32.6 Å². The normalized spacial score (nSPS) is 7.13. The number of hydrogen-bond donors (Lipinski definition) is 1. The fraction of sp³-hybridized carbons (Fsp3) is 0.700. The molecule has 0 saturated heterocycles. The molecule has 1 N–H and O–H groups in total. The summed E-state index contributed by atoms with van der Waals surface area (Å²) in [6.07, 6.45) is 0. The van der Waals surface area contributed by atoms with Crippen LogP contribution in [0.5, 0.6) is 0 Å². The Kier molecular flexibility index (Phi) is 16.2. The van der Waals surface area contributed by atoms with Gasteiger partial charge in [-0.1, -0.05) is 0 Å². The predicted molar refractivity (Wildman–Crippen MR) is 60.5 cm³/mol. The van der Waals surface area contributed by atoms with Gasteiger partial charge in [-0.3, -0.25) is 9.59 Å². The molecule has 0 unspecified atom stereocenters. The van der Waals surface area contributed by atoms with Crippen molar-refractivity contribution in [3.05, 3.63) is 0 Å². The highest BCUT2D eigenvalue weighted by atomic mass is 16.2. The minimum absolute atomic E-state index is 0.00463. The van der Waals surface area contributed by atoms with Crippen LogP contribution in [0.2, 0.25) is 0 Å². The molecule has 0 aromatic rings. The summed E-state index contributed by atoms with van der Waals surface area (Å²) in [5.74, 6) is 0.264. The second-order valence-electron chi connectivity index (χ2n) is 3.13. The van der Waals surface area contributed by atoms with Crippen LogP contribution in [0, 0.1) is 0 Å². The molecule has 0 atom stereocenters. The van der Waals surface area contributed by atoms with E-state index in [4.69, 9.17) is 0 Å². The van der Waals surface area contributed by atoms with E-state index in [2.05, 4.69) is 5.32 Å². The van der Waals surface area contributed by atoms with Gasteiger partial charge in [-0.15, -0.1) is 0 Å². The van der Waals surface area contributed by atoms with Gasteiger partial charge < -0.3 is 15.0 Å². The van der Waals surface area contributed by atoms with Gasteiger partial charge in [-0.25, -0.2) is 0 Å². The number of amides is 2. The Morgan fingerprint density at radius 3 is 1.07 bits per heavy atom. The molecule has 2 amide bonds. The van der Waals surface area contributed by atoms with Crippen molar-refractivity contribution in [3.63, 3.8) is 0 Å². The number of Topliss-reactive ketones (excluding diaryl/α,β-unsaturated/α-hetero) is 1. The lowest BCUT2D eigenvalue weighted by molar-refractivity contribution is -0.126. The first kappa shape index (κ1) is 19.2. The van der Waals surface area contributed by atoms with Gasteiger partial charge in [0.15, 0.2) is 0 Å². The molecule has 15 heavy (non-hydrogen) atoms. The summed E-state index contributed by atoms with van der Waals surface area (Å²) >= 11 is 0. The number of carbonyl (C=O) groups is 3. The fourth-order valence-corrected chi connectivity index (χ4v) is 0. The van der Waals surface area contributed by atoms with Gasteiger partial charge >= 0.3 is 0 Å². The molecule has 0 fully saturated rings. The van der Waals surface area contributed by atoms with E-state index < -0.39 is 0 Å². The second-order valence-corrected chi connectivity index (χ2v) is 3.13. The maximum absolute atomic E-state index is 10.1. The molecule has 5 heteroatoms. The van der Waals surface area contributed by atoms with Gasteiger partial charge in [0.05, 0.1) is 0 Å². The Labute approximate surface area is 91.8 Å². The smallest absolute Gasteiger partial charge is 0.218 e. The monoisotopic (exact) mass is 218 g/mol. The lowest BCUT2D eigenvalue weighted by Crippen LogP contribution is -2.17. The Hall–Kier alpha value is -1.39. The van der Waals surface area contributed by atoms with E-state index in [0.717, 1.165) is 0 Å². The number of nitrogens with zero attached hydrogens (tertiary/aromatic N) is 1. The van der Waals surface area contributed by atoms with Gasteiger partial charge in [0.25, 0.3) is 0 Å². The second kappa shape index (κ2) is 12.6. The summed E-state index contributed by atoms with van der Waals surface area (Å²) in [5, 5.41) is 2.39. The van der Waals surface area contributed by atoms with Crippen molar-refractivity contribution in [1.82, 2.24) is 10.2 Å².